The minimum Gasteiger partial charge on any atom is -0.449 e. The van der Waals surface area contributed by atoms with E-state index in [0.29, 0.717) is 0 Å². The van der Waals surface area contributed by atoms with Gasteiger partial charge in [0.05, 0.1) is 12.3 Å². The Morgan fingerprint density at radius 3 is 3.08 bits per heavy atom. The van der Waals surface area contributed by atoms with Crippen molar-refractivity contribution in [3.63, 3.8) is 0 Å². The van der Waals surface area contributed by atoms with E-state index in [-0.39, 0.29) is 18.0 Å². The summed E-state index contributed by atoms with van der Waals surface area (Å²) < 4.78 is 5.78. The summed E-state index contributed by atoms with van der Waals surface area (Å²) in [5.41, 5.74) is 5.82. The van der Waals surface area contributed by atoms with Crippen LogP contribution < -0.4 is 5.73 Å². The van der Waals surface area contributed by atoms with E-state index in [2.05, 4.69) is 0 Å². The predicted octanol–water partition coefficient (Wildman–Crippen LogP) is 0.947. The van der Waals surface area contributed by atoms with Gasteiger partial charge in [-0.05, 0) is 13.0 Å². The molecular formula is C8H9N3O2. The second-order valence-corrected chi connectivity index (χ2v) is 2.30. The minimum atomic E-state index is -0.587. The highest BCUT2D eigenvalue weighted by atomic mass is 16.5. The molecule has 0 atom stereocenters. The SMILES string of the molecule is CCOC(=O)n1ccc(N)c1C#N. The summed E-state index contributed by atoms with van der Waals surface area (Å²) in [5.74, 6) is 0. The van der Waals surface area contributed by atoms with Gasteiger partial charge in [0.15, 0.2) is 5.69 Å². The lowest BCUT2D eigenvalue weighted by atomic mass is 10.4. The highest BCUT2D eigenvalue weighted by molar-refractivity contribution is 5.75. The van der Waals surface area contributed by atoms with Crippen molar-refractivity contribution in [2.45, 2.75) is 6.92 Å². The Morgan fingerprint density at radius 1 is 1.85 bits per heavy atom. The number of ether oxygens (including phenoxy) is 1. The number of carbonyl (C=O) groups is 1. The molecule has 0 aliphatic rings. The molecule has 0 radical (unpaired) electrons. The van der Waals surface area contributed by atoms with Gasteiger partial charge < -0.3 is 10.5 Å². The van der Waals surface area contributed by atoms with Crippen LogP contribution in [0.15, 0.2) is 12.3 Å². The monoisotopic (exact) mass is 179 g/mol. The van der Waals surface area contributed by atoms with Crippen LogP contribution in [0.2, 0.25) is 0 Å². The number of anilines is 1. The van der Waals surface area contributed by atoms with Crippen molar-refractivity contribution < 1.29 is 9.53 Å². The van der Waals surface area contributed by atoms with Gasteiger partial charge in [-0.2, -0.15) is 5.26 Å². The molecule has 1 aromatic rings. The number of nitrogen functional groups attached to an aromatic ring is 1. The molecule has 5 nitrogen and oxygen atoms in total. The fraction of sp³-hybridized carbons (Fsp3) is 0.250. The van der Waals surface area contributed by atoms with Crippen LogP contribution in [-0.4, -0.2) is 17.3 Å². The number of aromatic nitrogens is 1. The van der Waals surface area contributed by atoms with Gasteiger partial charge in [0.1, 0.15) is 6.07 Å². The lowest BCUT2D eigenvalue weighted by Gasteiger charge is -2.02. The van der Waals surface area contributed by atoms with Crippen molar-refractivity contribution in [2.75, 3.05) is 12.3 Å². The number of nitrogens with zero attached hydrogens (tertiary/aromatic N) is 2. The van der Waals surface area contributed by atoms with Crippen LogP contribution in [0.4, 0.5) is 10.5 Å². The number of hydrogen-bond donors (Lipinski definition) is 1. The minimum absolute atomic E-state index is 0.110. The molecule has 0 bridgehead atoms. The fourth-order valence-electron chi connectivity index (χ4n) is 0.911. The van der Waals surface area contributed by atoms with Gasteiger partial charge in [0, 0.05) is 6.20 Å². The van der Waals surface area contributed by atoms with Crippen LogP contribution in [0.5, 0.6) is 0 Å². The van der Waals surface area contributed by atoms with Crippen molar-refractivity contribution in [2.24, 2.45) is 0 Å². The van der Waals surface area contributed by atoms with Crippen LogP contribution >= 0.6 is 0 Å². The topological polar surface area (TPSA) is 81.0 Å². The van der Waals surface area contributed by atoms with Crippen LogP contribution in [-0.2, 0) is 4.74 Å². The molecule has 0 aliphatic heterocycles. The van der Waals surface area contributed by atoms with Gasteiger partial charge in [0.25, 0.3) is 0 Å². The average molecular weight is 179 g/mol. The largest absolute Gasteiger partial charge is 0.449 e. The van der Waals surface area contributed by atoms with E-state index in [9.17, 15) is 4.79 Å². The molecule has 0 fully saturated rings. The lowest BCUT2D eigenvalue weighted by molar-refractivity contribution is 0.154. The Labute approximate surface area is 75.3 Å². The molecule has 0 unspecified atom stereocenters. The van der Waals surface area contributed by atoms with Crippen LogP contribution in [0.1, 0.15) is 12.6 Å². The molecule has 0 spiro atoms. The molecule has 1 heterocycles. The van der Waals surface area contributed by atoms with Crippen LogP contribution in [0, 0.1) is 11.3 Å². The predicted molar refractivity (Wildman–Crippen MR) is 46.0 cm³/mol. The zero-order valence-corrected chi connectivity index (χ0v) is 7.15. The van der Waals surface area contributed by atoms with Crippen LogP contribution in [0.25, 0.3) is 0 Å². The highest BCUT2D eigenvalue weighted by Crippen LogP contribution is 2.11. The molecule has 68 valence electrons. The first-order chi connectivity index (χ1) is 6.20. The first-order valence-corrected chi connectivity index (χ1v) is 3.74. The first kappa shape index (κ1) is 9.13. The Balaban J connectivity index is 3.02. The first-order valence-electron chi connectivity index (χ1n) is 3.74. The molecule has 2 N–H and O–H groups in total. The van der Waals surface area contributed by atoms with Crippen molar-refractivity contribution >= 4 is 11.8 Å². The molecule has 0 aliphatic carbocycles. The third-order valence-corrected chi connectivity index (χ3v) is 1.49. The molecule has 5 heteroatoms. The molecule has 0 saturated carbocycles. The Hall–Kier alpha value is -1.96. The maximum absolute atomic E-state index is 11.2. The summed E-state index contributed by atoms with van der Waals surface area (Å²) >= 11 is 0. The van der Waals surface area contributed by atoms with Crippen LogP contribution in [0.3, 0.4) is 0 Å². The molecular weight excluding hydrogens is 170 g/mol. The number of hydrogen-bond acceptors (Lipinski definition) is 4. The van der Waals surface area contributed by atoms with E-state index in [1.807, 2.05) is 6.07 Å². The summed E-state index contributed by atoms with van der Waals surface area (Å²) in [6.45, 7) is 1.96. The molecule has 0 saturated heterocycles. The van der Waals surface area contributed by atoms with Crippen molar-refractivity contribution in [3.8, 4) is 6.07 Å². The van der Waals surface area contributed by atoms with Crippen molar-refractivity contribution in [3.05, 3.63) is 18.0 Å². The average Bonchev–Trinajstić information content (AvgIpc) is 2.47. The number of carbonyl (C=O) groups excluding carboxylic acids is 1. The maximum Gasteiger partial charge on any atom is 0.419 e. The summed E-state index contributed by atoms with van der Waals surface area (Å²) in [5, 5.41) is 8.65. The number of nitriles is 1. The van der Waals surface area contributed by atoms with E-state index in [4.69, 9.17) is 15.7 Å². The summed E-state index contributed by atoms with van der Waals surface area (Å²) in [6.07, 6.45) is 0.821. The van der Waals surface area contributed by atoms with E-state index in [1.54, 1.807) is 6.92 Å². The van der Waals surface area contributed by atoms with Crippen molar-refractivity contribution in [1.82, 2.24) is 4.57 Å². The second-order valence-electron chi connectivity index (χ2n) is 2.30. The Kier molecular flexibility index (Phi) is 2.55. The maximum atomic E-state index is 11.2. The standard InChI is InChI=1S/C8H9N3O2/c1-2-13-8(12)11-4-3-6(10)7(11)5-9/h3-4H,2,10H2,1H3. The summed E-state index contributed by atoms with van der Waals surface area (Å²) in [4.78, 5) is 11.2. The molecule has 1 rings (SSSR count). The zero-order chi connectivity index (χ0) is 9.84. The van der Waals surface area contributed by atoms with Gasteiger partial charge in [-0.1, -0.05) is 0 Å². The van der Waals surface area contributed by atoms with Gasteiger partial charge in [0.2, 0.25) is 0 Å². The van der Waals surface area contributed by atoms with Gasteiger partial charge in [-0.15, -0.1) is 0 Å². The molecule has 13 heavy (non-hydrogen) atoms. The quantitative estimate of drug-likeness (QED) is 0.695. The third kappa shape index (κ3) is 1.62. The fourth-order valence-corrected chi connectivity index (χ4v) is 0.911. The van der Waals surface area contributed by atoms with Gasteiger partial charge in [-0.25, -0.2) is 9.36 Å². The second kappa shape index (κ2) is 3.63. The number of rotatable bonds is 1. The van der Waals surface area contributed by atoms with Gasteiger partial charge in [-0.3, -0.25) is 0 Å². The van der Waals surface area contributed by atoms with E-state index >= 15 is 0 Å². The Morgan fingerprint density at radius 2 is 2.54 bits per heavy atom. The smallest absolute Gasteiger partial charge is 0.419 e. The number of nitrogens with two attached hydrogens (primary N) is 1. The van der Waals surface area contributed by atoms with E-state index < -0.39 is 6.09 Å². The van der Waals surface area contributed by atoms with Crippen molar-refractivity contribution in [1.29, 1.82) is 5.26 Å². The zero-order valence-electron chi connectivity index (χ0n) is 7.15. The summed E-state index contributed by atoms with van der Waals surface area (Å²) in [7, 11) is 0. The molecule has 0 amide bonds. The summed E-state index contributed by atoms with van der Waals surface area (Å²) in [6, 6.07) is 3.30. The third-order valence-electron chi connectivity index (χ3n) is 1.49. The Bertz CT molecular complexity index is 362. The highest BCUT2D eigenvalue weighted by Gasteiger charge is 2.12. The van der Waals surface area contributed by atoms with Gasteiger partial charge >= 0.3 is 6.09 Å². The normalized spacial score (nSPS) is 9.23. The van der Waals surface area contributed by atoms with E-state index in [1.165, 1.54) is 12.3 Å². The molecule has 0 aromatic carbocycles. The molecule has 1 aromatic heterocycles. The lowest BCUT2D eigenvalue weighted by Crippen LogP contribution is -2.14. The van der Waals surface area contributed by atoms with E-state index in [0.717, 1.165) is 4.57 Å².